The second-order valence-corrected chi connectivity index (χ2v) is 9.01. The zero-order chi connectivity index (χ0) is 23.1. The molecule has 3 N–H and O–H groups in total. The molecule has 0 saturated carbocycles. The molecule has 2 aliphatic rings. The first-order valence-corrected chi connectivity index (χ1v) is 11.3. The molecule has 1 aliphatic heterocycles. The molecule has 1 aromatic heterocycles. The first-order chi connectivity index (χ1) is 16.0. The number of anilines is 2. The summed E-state index contributed by atoms with van der Waals surface area (Å²) in [6.45, 7) is 0. The molecule has 0 bridgehead atoms. The Hall–Kier alpha value is -3.85. The van der Waals surface area contributed by atoms with Crippen LogP contribution in [0.3, 0.4) is 0 Å². The van der Waals surface area contributed by atoms with Crippen LogP contribution >= 0.6 is 11.3 Å². The minimum absolute atomic E-state index is 0.0200. The Bertz CT molecular complexity index is 1290. The molecule has 33 heavy (non-hydrogen) atoms. The third kappa shape index (κ3) is 3.70. The van der Waals surface area contributed by atoms with Crippen LogP contribution in [0.5, 0.6) is 11.5 Å². The number of ether oxygens (including phenoxy) is 1. The molecule has 2 heterocycles. The lowest BCUT2D eigenvalue weighted by molar-refractivity contribution is -0.386. The van der Waals surface area contributed by atoms with Crippen molar-refractivity contribution in [2.75, 3.05) is 17.7 Å². The third-order valence-electron chi connectivity index (χ3n) is 6.08. The van der Waals surface area contributed by atoms with Gasteiger partial charge in [0.25, 0.3) is 0 Å². The number of fused-ring (bicyclic) bond motifs is 1. The van der Waals surface area contributed by atoms with Gasteiger partial charge in [0.1, 0.15) is 0 Å². The molecule has 0 amide bonds. The Morgan fingerprint density at radius 1 is 1.15 bits per heavy atom. The summed E-state index contributed by atoms with van der Waals surface area (Å²) >= 11 is 1.63. The maximum atomic E-state index is 13.5. The summed E-state index contributed by atoms with van der Waals surface area (Å²) in [6, 6.07) is 13.8. The average Bonchev–Trinajstić information content (AvgIpc) is 3.28. The van der Waals surface area contributed by atoms with E-state index in [1.54, 1.807) is 11.3 Å². The molecule has 2 unspecified atom stereocenters. The predicted octanol–water partition coefficient (Wildman–Crippen LogP) is 5.35. The number of aromatic hydroxyl groups is 1. The number of phenolic OH excluding ortho intramolecular Hbond substituents is 1. The normalized spacial score (nSPS) is 19.6. The molecule has 8 nitrogen and oxygen atoms in total. The van der Waals surface area contributed by atoms with E-state index < -0.39 is 22.4 Å². The van der Waals surface area contributed by atoms with Gasteiger partial charge in [-0.05, 0) is 41.6 Å². The summed E-state index contributed by atoms with van der Waals surface area (Å²) in [5.41, 5.74) is 2.92. The molecular formula is C24H21N3O5S. The zero-order valence-electron chi connectivity index (χ0n) is 17.7. The summed E-state index contributed by atoms with van der Waals surface area (Å²) in [7, 11) is 1.34. The number of carbonyl (C=O) groups is 1. The number of para-hydroxylation sites is 2. The number of methoxy groups -OCH3 is 1. The number of Topliss-reactive ketones (excluding diaryl/α,β-unsaturated/α-hetero) is 1. The molecule has 2 atom stereocenters. The maximum Gasteiger partial charge on any atom is 0.315 e. The van der Waals surface area contributed by atoms with Gasteiger partial charge in [-0.1, -0.05) is 18.2 Å². The van der Waals surface area contributed by atoms with Crippen molar-refractivity contribution in [1.29, 1.82) is 0 Å². The number of ketones is 1. The van der Waals surface area contributed by atoms with Gasteiger partial charge in [-0.2, -0.15) is 0 Å². The van der Waals surface area contributed by atoms with E-state index in [0.717, 1.165) is 21.9 Å². The molecule has 0 spiro atoms. The van der Waals surface area contributed by atoms with E-state index in [1.807, 2.05) is 41.8 Å². The molecule has 5 rings (SSSR count). The number of nitrogens with zero attached hydrogens (tertiary/aromatic N) is 1. The monoisotopic (exact) mass is 463 g/mol. The van der Waals surface area contributed by atoms with Crippen LogP contribution in [0.2, 0.25) is 0 Å². The van der Waals surface area contributed by atoms with Crippen LogP contribution in [0.15, 0.2) is 65.2 Å². The van der Waals surface area contributed by atoms with E-state index in [2.05, 4.69) is 10.6 Å². The highest BCUT2D eigenvalue weighted by molar-refractivity contribution is 7.10. The first-order valence-electron chi connectivity index (χ1n) is 10.4. The van der Waals surface area contributed by atoms with Crippen molar-refractivity contribution in [2.45, 2.75) is 24.8 Å². The fraction of sp³-hybridized carbons (Fsp3) is 0.208. The number of allylic oxidation sites excluding steroid dienone is 1. The molecular weight excluding hydrogens is 442 g/mol. The summed E-state index contributed by atoms with van der Waals surface area (Å²) in [6.07, 6.45) is 0.998. The molecule has 2 aromatic carbocycles. The second-order valence-electron chi connectivity index (χ2n) is 8.03. The quantitative estimate of drug-likeness (QED) is 0.353. The number of benzene rings is 2. The topological polar surface area (TPSA) is 114 Å². The maximum absolute atomic E-state index is 13.5. The summed E-state index contributed by atoms with van der Waals surface area (Å²) in [5.74, 6) is -0.519. The number of nitro benzene ring substituents is 1. The predicted molar refractivity (Wildman–Crippen MR) is 126 cm³/mol. The number of nitrogens with one attached hydrogen (secondary N) is 2. The molecule has 3 aromatic rings. The van der Waals surface area contributed by atoms with E-state index in [9.17, 15) is 20.0 Å². The van der Waals surface area contributed by atoms with Crippen molar-refractivity contribution in [2.24, 2.45) is 0 Å². The van der Waals surface area contributed by atoms with Crippen LogP contribution in [0.1, 0.15) is 35.2 Å². The molecule has 0 radical (unpaired) electrons. The molecule has 0 saturated heterocycles. The van der Waals surface area contributed by atoms with Crippen LogP contribution in [0.25, 0.3) is 0 Å². The number of rotatable bonds is 4. The van der Waals surface area contributed by atoms with Crippen LogP contribution in [-0.2, 0) is 4.79 Å². The van der Waals surface area contributed by atoms with E-state index in [0.29, 0.717) is 24.0 Å². The lowest BCUT2D eigenvalue weighted by Crippen LogP contribution is -2.26. The highest BCUT2D eigenvalue weighted by atomic mass is 32.1. The van der Waals surface area contributed by atoms with Crippen molar-refractivity contribution >= 4 is 34.2 Å². The molecule has 0 fully saturated rings. The van der Waals surface area contributed by atoms with E-state index in [-0.39, 0.29) is 17.5 Å². The van der Waals surface area contributed by atoms with Crippen LogP contribution in [0.4, 0.5) is 17.1 Å². The van der Waals surface area contributed by atoms with Gasteiger partial charge in [0.2, 0.25) is 5.75 Å². The summed E-state index contributed by atoms with van der Waals surface area (Å²) in [4.78, 5) is 25.6. The number of hydrogen-bond acceptors (Lipinski definition) is 8. The molecule has 9 heteroatoms. The number of nitro groups is 1. The minimum Gasteiger partial charge on any atom is -0.500 e. The number of phenols is 1. The van der Waals surface area contributed by atoms with Gasteiger partial charge in [0, 0.05) is 34.6 Å². The first kappa shape index (κ1) is 21.0. The second kappa shape index (κ2) is 8.25. The van der Waals surface area contributed by atoms with Gasteiger partial charge < -0.3 is 20.5 Å². The Morgan fingerprint density at radius 2 is 1.94 bits per heavy atom. The zero-order valence-corrected chi connectivity index (χ0v) is 18.5. The Kier molecular flexibility index (Phi) is 5.26. The van der Waals surface area contributed by atoms with Crippen LogP contribution in [-0.4, -0.2) is 22.9 Å². The van der Waals surface area contributed by atoms with Crippen LogP contribution in [0, 0.1) is 10.1 Å². The number of carbonyl (C=O) groups excluding carboxylic acids is 1. The standard InChI is InChI=1S/C24H21N3O5S/c1-32-20-12-14(10-18(24(20)29)27(30)31)23-22-17(25-15-5-2-3-6-16(15)26-23)9-13(11-19(22)28)21-7-4-8-33-21/h2-8,10,12-13,23,25-26,29H,9,11H2,1H3. The van der Waals surface area contributed by atoms with Gasteiger partial charge in [-0.25, -0.2) is 0 Å². The van der Waals surface area contributed by atoms with Gasteiger partial charge >= 0.3 is 5.69 Å². The smallest absolute Gasteiger partial charge is 0.315 e. The largest absolute Gasteiger partial charge is 0.500 e. The lowest BCUT2D eigenvalue weighted by atomic mass is 9.80. The highest BCUT2D eigenvalue weighted by Crippen LogP contribution is 2.47. The summed E-state index contributed by atoms with van der Waals surface area (Å²) < 4.78 is 5.20. The Balaban J connectivity index is 1.68. The Morgan fingerprint density at radius 3 is 2.64 bits per heavy atom. The highest BCUT2D eigenvalue weighted by Gasteiger charge is 2.37. The van der Waals surface area contributed by atoms with Crippen molar-refractivity contribution in [3.8, 4) is 11.5 Å². The van der Waals surface area contributed by atoms with Gasteiger partial charge in [-0.3, -0.25) is 14.9 Å². The fourth-order valence-corrected chi connectivity index (χ4v) is 5.37. The number of hydrogen-bond donors (Lipinski definition) is 3. The van der Waals surface area contributed by atoms with Gasteiger partial charge in [-0.15, -0.1) is 11.3 Å². The van der Waals surface area contributed by atoms with Crippen molar-refractivity contribution in [1.82, 2.24) is 0 Å². The van der Waals surface area contributed by atoms with Crippen molar-refractivity contribution in [3.63, 3.8) is 0 Å². The fourth-order valence-electron chi connectivity index (χ4n) is 4.54. The molecule has 168 valence electrons. The van der Waals surface area contributed by atoms with Gasteiger partial charge in [0.15, 0.2) is 11.5 Å². The Labute approximate surface area is 193 Å². The van der Waals surface area contributed by atoms with E-state index in [1.165, 1.54) is 19.2 Å². The summed E-state index contributed by atoms with van der Waals surface area (Å²) in [5, 5.41) is 30.7. The number of thiophene rings is 1. The van der Waals surface area contributed by atoms with Crippen molar-refractivity contribution in [3.05, 3.63) is 85.7 Å². The van der Waals surface area contributed by atoms with Crippen LogP contribution < -0.4 is 15.4 Å². The SMILES string of the molecule is COc1cc(C2Nc3ccccc3NC3=C2C(=O)CC(c2cccs2)C3)cc([N+](=O)[O-])c1O. The molecule has 1 aliphatic carbocycles. The van der Waals surface area contributed by atoms with E-state index >= 15 is 0 Å². The minimum atomic E-state index is -0.658. The van der Waals surface area contributed by atoms with E-state index in [4.69, 9.17) is 4.74 Å². The average molecular weight is 464 g/mol. The lowest BCUT2D eigenvalue weighted by Gasteiger charge is -2.29. The third-order valence-corrected chi connectivity index (χ3v) is 7.12. The van der Waals surface area contributed by atoms with Crippen molar-refractivity contribution < 1.29 is 19.6 Å². The van der Waals surface area contributed by atoms with Gasteiger partial charge in [0.05, 0.1) is 29.4 Å².